The molecule has 0 bridgehead atoms. The van der Waals surface area contributed by atoms with Gasteiger partial charge in [0.25, 0.3) is 5.91 Å². The quantitative estimate of drug-likeness (QED) is 0.853. The topological polar surface area (TPSA) is 54.3 Å². The summed E-state index contributed by atoms with van der Waals surface area (Å²) in [5.74, 6) is 0.00885. The van der Waals surface area contributed by atoms with Crippen molar-refractivity contribution in [3.63, 3.8) is 0 Å². The smallest absolute Gasteiger partial charge is 0.292 e. The summed E-state index contributed by atoms with van der Waals surface area (Å²) in [6, 6.07) is 9.42. The van der Waals surface area contributed by atoms with Crippen LogP contribution in [0.4, 0.5) is 5.69 Å². The van der Waals surface area contributed by atoms with Gasteiger partial charge in [0.15, 0.2) is 0 Å². The lowest BCUT2D eigenvalue weighted by Crippen LogP contribution is -2.13. The van der Waals surface area contributed by atoms with Gasteiger partial charge in [-0.05, 0) is 46.2 Å². The largest absolute Gasteiger partial charge is 0.458 e. The normalized spacial score (nSPS) is 9.90. The van der Waals surface area contributed by atoms with E-state index < -0.39 is 0 Å². The van der Waals surface area contributed by atoms with Gasteiger partial charge < -0.3 is 15.1 Å². The molecule has 20 heavy (non-hydrogen) atoms. The Morgan fingerprint density at radius 1 is 1.35 bits per heavy atom. The predicted molar refractivity (Wildman–Crippen MR) is 85.4 cm³/mol. The molecule has 1 amide bonds. The number of rotatable bonds is 5. The van der Waals surface area contributed by atoms with E-state index in [9.17, 15) is 4.79 Å². The van der Waals surface area contributed by atoms with Gasteiger partial charge in [-0.25, -0.2) is 0 Å². The van der Waals surface area contributed by atoms with Gasteiger partial charge in [0, 0.05) is 12.2 Å². The minimum atomic E-state index is -0.266. The molecule has 0 unspecified atom stereocenters. The zero-order chi connectivity index (χ0) is 13.7. The van der Waals surface area contributed by atoms with Crippen molar-refractivity contribution in [1.29, 1.82) is 0 Å². The number of hydrogen-bond acceptors (Lipinski definition) is 3. The number of anilines is 1. The number of hydrogen-bond donors (Lipinski definition) is 2. The Kier molecular flexibility index (Phi) is 6.78. The molecule has 0 saturated carbocycles. The van der Waals surface area contributed by atoms with Crippen LogP contribution in [0.25, 0.3) is 0 Å². The third-order valence-corrected chi connectivity index (χ3v) is 3.21. The summed E-state index contributed by atoms with van der Waals surface area (Å²) in [7, 11) is 0. The van der Waals surface area contributed by atoms with Gasteiger partial charge >= 0.3 is 0 Å². The van der Waals surface area contributed by atoms with Crippen LogP contribution in [0, 0.1) is 0 Å². The first kappa shape index (κ1) is 16.8. The fourth-order valence-corrected chi connectivity index (χ4v) is 2.05. The van der Waals surface area contributed by atoms with E-state index in [0.717, 1.165) is 24.3 Å². The SMILES string of the molecule is CCNCc1cccc(NC(=O)c2occc2Br)c1.Cl. The molecule has 0 fully saturated rings. The lowest BCUT2D eigenvalue weighted by molar-refractivity contribution is 0.0995. The fourth-order valence-electron chi connectivity index (χ4n) is 1.67. The van der Waals surface area contributed by atoms with Crippen LogP contribution in [0.1, 0.15) is 23.0 Å². The van der Waals surface area contributed by atoms with Crippen molar-refractivity contribution in [1.82, 2.24) is 5.32 Å². The minimum absolute atomic E-state index is 0. The first-order valence-electron chi connectivity index (χ1n) is 6.04. The molecular weight excluding hydrogens is 344 g/mol. The van der Waals surface area contributed by atoms with Crippen LogP contribution in [-0.2, 0) is 6.54 Å². The van der Waals surface area contributed by atoms with Crippen molar-refractivity contribution < 1.29 is 9.21 Å². The first-order chi connectivity index (χ1) is 9.20. The highest BCUT2D eigenvalue weighted by Crippen LogP contribution is 2.19. The molecule has 1 aromatic carbocycles. The van der Waals surface area contributed by atoms with E-state index in [0.29, 0.717) is 4.47 Å². The first-order valence-corrected chi connectivity index (χ1v) is 6.84. The maximum Gasteiger partial charge on any atom is 0.292 e. The van der Waals surface area contributed by atoms with Gasteiger partial charge in [0.05, 0.1) is 10.7 Å². The number of amides is 1. The number of carbonyl (C=O) groups excluding carboxylic acids is 1. The molecule has 108 valence electrons. The van der Waals surface area contributed by atoms with Gasteiger partial charge in [-0.15, -0.1) is 12.4 Å². The van der Waals surface area contributed by atoms with Crippen LogP contribution >= 0.6 is 28.3 Å². The molecule has 0 atom stereocenters. The van der Waals surface area contributed by atoms with Crippen molar-refractivity contribution in [2.45, 2.75) is 13.5 Å². The summed E-state index contributed by atoms with van der Waals surface area (Å²) in [5.41, 5.74) is 1.88. The maximum atomic E-state index is 12.0. The number of furan rings is 1. The molecule has 2 rings (SSSR count). The number of nitrogens with one attached hydrogen (secondary N) is 2. The second kappa shape index (κ2) is 8.09. The number of benzene rings is 1. The number of carbonyl (C=O) groups is 1. The highest BCUT2D eigenvalue weighted by atomic mass is 79.9. The zero-order valence-corrected chi connectivity index (χ0v) is 13.4. The Bertz CT molecular complexity index is 572. The van der Waals surface area contributed by atoms with Gasteiger partial charge in [-0.1, -0.05) is 19.1 Å². The molecule has 0 saturated heterocycles. The van der Waals surface area contributed by atoms with Crippen LogP contribution in [0.2, 0.25) is 0 Å². The van der Waals surface area contributed by atoms with Crippen molar-refractivity contribution in [2.75, 3.05) is 11.9 Å². The van der Waals surface area contributed by atoms with E-state index in [1.807, 2.05) is 24.3 Å². The summed E-state index contributed by atoms with van der Waals surface area (Å²) >= 11 is 3.26. The van der Waals surface area contributed by atoms with Gasteiger partial charge in [-0.3, -0.25) is 4.79 Å². The molecule has 0 aliphatic rings. The molecule has 1 heterocycles. The van der Waals surface area contributed by atoms with Crippen molar-refractivity contribution in [3.05, 3.63) is 52.4 Å². The molecule has 0 spiro atoms. The van der Waals surface area contributed by atoms with Crippen molar-refractivity contribution in [3.8, 4) is 0 Å². The van der Waals surface area contributed by atoms with E-state index in [2.05, 4.69) is 33.5 Å². The Morgan fingerprint density at radius 2 is 2.15 bits per heavy atom. The van der Waals surface area contributed by atoms with Crippen molar-refractivity contribution in [2.24, 2.45) is 0 Å². The Hall–Kier alpha value is -1.30. The van der Waals surface area contributed by atoms with Crippen LogP contribution in [0.15, 0.2) is 45.5 Å². The summed E-state index contributed by atoms with van der Waals surface area (Å²) in [5, 5.41) is 6.05. The summed E-state index contributed by atoms with van der Waals surface area (Å²) in [6.07, 6.45) is 1.47. The molecular formula is C14H16BrClN2O2. The van der Waals surface area contributed by atoms with Crippen LogP contribution in [0.5, 0.6) is 0 Å². The van der Waals surface area contributed by atoms with Gasteiger partial charge in [0.2, 0.25) is 5.76 Å². The second-order valence-electron chi connectivity index (χ2n) is 4.03. The lowest BCUT2D eigenvalue weighted by atomic mass is 10.2. The van der Waals surface area contributed by atoms with E-state index in [1.165, 1.54) is 6.26 Å². The van der Waals surface area contributed by atoms with Gasteiger partial charge in [-0.2, -0.15) is 0 Å². The average Bonchev–Trinajstić information content (AvgIpc) is 2.83. The highest BCUT2D eigenvalue weighted by Gasteiger charge is 2.13. The summed E-state index contributed by atoms with van der Waals surface area (Å²) < 4.78 is 5.77. The summed E-state index contributed by atoms with van der Waals surface area (Å²) in [4.78, 5) is 12.0. The van der Waals surface area contributed by atoms with E-state index >= 15 is 0 Å². The lowest BCUT2D eigenvalue weighted by Gasteiger charge is -2.07. The van der Waals surface area contributed by atoms with E-state index in [1.54, 1.807) is 6.07 Å². The molecule has 2 aromatic rings. The number of halogens is 2. The average molecular weight is 360 g/mol. The van der Waals surface area contributed by atoms with Gasteiger partial charge in [0.1, 0.15) is 0 Å². The molecule has 6 heteroatoms. The second-order valence-corrected chi connectivity index (χ2v) is 4.89. The third kappa shape index (κ3) is 4.37. The van der Waals surface area contributed by atoms with Crippen LogP contribution < -0.4 is 10.6 Å². The van der Waals surface area contributed by atoms with Crippen molar-refractivity contribution >= 4 is 39.9 Å². The Morgan fingerprint density at radius 3 is 2.80 bits per heavy atom. The monoisotopic (exact) mass is 358 g/mol. The molecule has 0 aliphatic heterocycles. The predicted octanol–water partition coefficient (Wildman–Crippen LogP) is 3.83. The highest BCUT2D eigenvalue weighted by molar-refractivity contribution is 9.10. The molecule has 4 nitrogen and oxygen atoms in total. The van der Waals surface area contributed by atoms with Crippen LogP contribution in [0.3, 0.4) is 0 Å². The minimum Gasteiger partial charge on any atom is -0.458 e. The zero-order valence-electron chi connectivity index (χ0n) is 11.0. The van der Waals surface area contributed by atoms with E-state index in [4.69, 9.17) is 4.42 Å². The standard InChI is InChI=1S/C14H15BrN2O2.ClH/c1-2-16-9-10-4-3-5-11(8-10)17-14(18)13-12(15)6-7-19-13;/h3-8,16H,2,9H2,1H3,(H,17,18);1H. The third-order valence-electron chi connectivity index (χ3n) is 2.59. The maximum absolute atomic E-state index is 12.0. The van der Waals surface area contributed by atoms with E-state index in [-0.39, 0.29) is 24.1 Å². The Balaban J connectivity index is 0.00000200. The molecule has 0 aliphatic carbocycles. The fraction of sp³-hybridized carbons (Fsp3) is 0.214. The molecule has 1 aromatic heterocycles. The van der Waals surface area contributed by atoms with Crippen LogP contribution in [-0.4, -0.2) is 12.5 Å². The summed E-state index contributed by atoms with van der Waals surface area (Å²) in [6.45, 7) is 3.75. The molecule has 0 radical (unpaired) electrons. The molecule has 2 N–H and O–H groups in total. The Labute approximate surface area is 132 Å².